The highest BCUT2D eigenvalue weighted by Gasteiger charge is 2.12. The first-order valence-electron chi connectivity index (χ1n) is 6.00. The van der Waals surface area contributed by atoms with E-state index in [1.54, 1.807) is 23.1 Å². The summed E-state index contributed by atoms with van der Waals surface area (Å²) in [6.45, 7) is 4.35. The van der Waals surface area contributed by atoms with Crippen LogP contribution in [-0.2, 0) is 0 Å². The molecule has 1 heterocycles. The third-order valence-corrected chi connectivity index (χ3v) is 4.64. The van der Waals surface area contributed by atoms with Gasteiger partial charge in [-0.15, -0.1) is 23.1 Å². The maximum absolute atomic E-state index is 4.34. The zero-order valence-electron chi connectivity index (χ0n) is 10.9. The topological polar surface area (TPSA) is 24.9 Å². The number of hydrogen-bond donors (Lipinski definition) is 1. The molecule has 0 saturated heterocycles. The summed E-state index contributed by atoms with van der Waals surface area (Å²) in [5, 5.41) is 6.74. The van der Waals surface area contributed by atoms with Gasteiger partial charge in [0.05, 0.1) is 6.04 Å². The predicted molar refractivity (Wildman–Crippen MR) is 80.3 cm³/mol. The Morgan fingerprint density at radius 2 is 1.89 bits per heavy atom. The lowest BCUT2D eigenvalue weighted by molar-refractivity contribution is 0.493. The van der Waals surface area contributed by atoms with Crippen molar-refractivity contribution in [1.29, 1.82) is 0 Å². The molecule has 2 atom stereocenters. The third kappa shape index (κ3) is 3.34. The molecule has 0 aliphatic rings. The predicted octanol–water partition coefficient (Wildman–Crippen LogP) is 4.28. The van der Waals surface area contributed by atoms with Gasteiger partial charge in [-0.3, -0.25) is 0 Å². The number of rotatable bonds is 5. The first-order valence-corrected chi connectivity index (χ1v) is 8.10. The second-order valence-electron chi connectivity index (χ2n) is 4.25. The summed E-state index contributed by atoms with van der Waals surface area (Å²) in [7, 11) is 0. The van der Waals surface area contributed by atoms with E-state index in [2.05, 4.69) is 54.7 Å². The molecule has 96 valence electrons. The van der Waals surface area contributed by atoms with Crippen molar-refractivity contribution in [2.75, 3.05) is 6.26 Å². The largest absolute Gasteiger partial charge is 0.302 e. The Labute approximate surface area is 117 Å². The Balaban J connectivity index is 2.00. The average molecular weight is 278 g/mol. The second-order valence-corrected chi connectivity index (χ2v) is 6.06. The summed E-state index contributed by atoms with van der Waals surface area (Å²) in [4.78, 5) is 5.65. The maximum Gasteiger partial charge on any atom is 0.109 e. The van der Waals surface area contributed by atoms with Crippen molar-refractivity contribution in [2.45, 2.75) is 30.8 Å². The highest BCUT2D eigenvalue weighted by Crippen LogP contribution is 2.22. The average Bonchev–Trinajstić information content (AvgIpc) is 2.92. The molecule has 2 rings (SSSR count). The summed E-state index contributed by atoms with van der Waals surface area (Å²) in [5.74, 6) is 0. The van der Waals surface area contributed by atoms with E-state index in [0.717, 1.165) is 5.01 Å². The Bertz CT molecular complexity index is 465. The van der Waals surface area contributed by atoms with Crippen LogP contribution < -0.4 is 5.32 Å². The molecule has 18 heavy (non-hydrogen) atoms. The standard InChI is InChI=1S/C14H18N2S2/c1-10(12-4-6-13(17-3)7-5-12)16-11(2)14-15-8-9-18-14/h4-11,16H,1-3H3. The fourth-order valence-electron chi connectivity index (χ4n) is 1.88. The molecule has 2 nitrogen and oxygen atoms in total. The van der Waals surface area contributed by atoms with Crippen molar-refractivity contribution in [1.82, 2.24) is 10.3 Å². The second kappa shape index (κ2) is 6.36. The van der Waals surface area contributed by atoms with Crippen LogP contribution in [0.1, 0.15) is 36.5 Å². The van der Waals surface area contributed by atoms with Crippen LogP contribution in [0.3, 0.4) is 0 Å². The Morgan fingerprint density at radius 3 is 2.44 bits per heavy atom. The summed E-state index contributed by atoms with van der Waals surface area (Å²) in [6.07, 6.45) is 3.96. The molecule has 0 saturated carbocycles. The van der Waals surface area contributed by atoms with Gasteiger partial charge in [-0.1, -0.05) is 12.1 Å². The lowest BCUT2D eigenvalue weighted by Gasteiger charge is -2.19. The van der Waals surface area contributed by atoms with Gasteiger partial charge in [0.15, 0.2) is 0 Å². The van der Waals surface area contributed by atoms with Crippen LogP contribution in [0.4, 0.5) is 0 Å². The number of nitrogens with zero attached hydrogens (tertiary/aromatic N) is 1. The number of aromatic nitrogens is 1. The molecule has 2 aromatic rings. The van der Waals surface area contributed by atoms with E-state index < -0.39 is 0 Å². The first kappa shape index (κ1) is 13.6. The van der Waals surface area contributed by atoms with Gasteiger partial charge in [-0.05, 0) is 37.8 Å². The molecule has 4 heteroatoms. The van der Waals surface area contributed by atoms with Crippen LogP contribution in [0.15, 0.2) is 40.7 Å². The lowest BCUT2D eigenvalue weighted by atomic mass is 10.1. The van der Waals surface area contributed by atoms with Crippen molar-refractivity contribution >= 4 is 23.1 Å². The molecule has 2 unspecified atom stereocenters. The summed E-state index contributed by atoms with van der Waals surface area (Å²) < 4.78 is 0. The highest BCUT2D eigenvalue weighted by atomic mass is 32.2. The van der Waals surface area contributed by atoms with E-state index in [0.29, 0.717) is 12.1 Å². The first-order chi connectivity index (χ1) is 8.70. The monoisotopic (exact) mass is 278 g/mol. The number of benzene rings is 1. The molecule has 1 aromatic heterocycles. The van der Waals surface area contributed by atoms with Gasteiger partial charge < -0.3 is 5.32 Å². The molecule has 0 bridgehead atoms. The van der Waals surface area contributed by atoms with Crippen LogP contribution in [0.2, 0.25) is 0 Å². The molecule has 0 amide bonds. The fourth-order valence-corrected chi connectivity index (χ4v) is 2.95. The van der Waals surface area contributed by atoms with Gasteiger partial charge in [-0.25, -0.2) is 4.98 Å². The lowest BCUT2D eigenvalue weighted by Crippen LogP contribution is -2.22. The maximum atomic E-state index is 4.34. The minimum absolute atomic E-state index is 0.292. The molecule has 0 spiro atoms. The quantitative estimate of drug-likeness (QED) is 0.826. The number of nitrogens with one attached hydrogen (secondary N) is 1. The van der Waals surface area contributed by atoms with Gasteiger partial charge in [0.1, 0.15) is 5.01 Å². The van der Waals surface area contributed by atoms with Crippen LogP contribution in [0.5, 0.6) is 0 Å². The van der Waals surface area contributed by atoms with Crippen molar-refractivity contribution in [3.63, 3.8) is 0 Å². The highest BCUT2D eigenvalue weighted by molar-refractivity contribution is 7.98. The van der Waals surface area contributed by atoms with E-state index in [1.165, 1.54) is 10.5 Å². The SMILES string of the molecule is CSc1ccc(C(C)NC(C)c2nccs2)cc1. The number of hydrogen-bond acceptors (Lipinski definition) is 4. The van der Waals surface area contributed by atoms with E-state index in [9.17, 15) is 0 Å². The molecule has 1 aromatic carbocycles. The Hall–Kier alpha value is -0.840. The Morgan fingerprint density at radius 1 is 1.17 bits per heavy atom. The molecule has 0 aliphatic carbocycles. The summed E-state index contributed by atoms with van der Waals surface area (Å²) in [6, 6.07) is 9.36. The summed E-state index contributed by atoms with van der Waals surface area (Å²) in [5.41, 5.74) is 1.32. The molecular weight excluding hydrogens is 260 g/mol. The molecule has 0 aliphatic heterocycles. The van der Waals surface area contributed by atoms with Crippen LogP contribution >= 0.6 is 23.1 Å². The van der Waals surface area contributed by atoms with Crippen molar-refractivity contribution in [2.24, 2.45) is 0 Å². The van der Waals surface area contributed by atoms with E-state index in [1.807, 2.05) is 11.6 Å². The van der Waals surface area contributed by atoms with Crippen molar-refractivity contribution < 1.29 is 0 Å². The van der Waals surface area contributed by atoms with Gasteiger partial charge in [0, 0.05) is 22.5 Å². The van der Waals surface area contributed by atoms with Gasteiger partial charge in [-0.2, -0.15) is 0 Å². The van der Waals surface area contributed by atoms with Crippen LogP contribution in [0.25, 0.3) is 0 Å². The van der Waals surface area contributed by atoms with E-state index in [-0.39, 0.29) is 0 Å². The van der Waals surface area contributed by atoms with Crippen molar-refractivity contribution in [3.05, 3.63) is 46.4 Å². The minimum atomic E-state index is 0.292. The minimum Gasteiger partial charge on any atom is -0.302 e. The van der Waals surface area contributed by atoms with Crippen LogP contribution in [0, 0.1) is 0 Å². The molecule has 0 fully saturated rings. The smallest absolute Gasteiger partial charge is 0.109 e. The van der Waals surface area contributed by atoms with Gasteiger partial charge in [0.2, 0.25) is 0 Å². The zero-order chi connectivity index (χ0) is 13.0. The Kier molecular flexibility index (Phi) is 4.80. The van der Waals surface area contributed by atoms with E-state index >= 15 is 0 Å². The van der Waals surface area contributed by atoms with Crippen molar-refractivity contribution in [3.8, 4) is 0 Å². The van der Waals surface area contributed by atoms with E-state index in [4.69, 9.17) is 0 Å². The molecular formula is C14H18N2S2. The molecule has 0 radical (unpaired) electrons. The zero-order valence-corrected chi connectivity index (χ0v) is 12.5. The van der Waals surface area contributed by atoms with Crippen LogP contribution in [-0.4, -0.2) is 11.2 Å². The molecule has 1 N–H and O–H groups in total. The normalized spacial score (nSPS) is 14.4. The number of thiazole rings is 1. The number of thioether (sulfide) groups is 1. The fraction of sp³-hybridized carbons (Fsp3) is 0.357. The van der Waals surface area contributed by atoms with Gasteiger partial charge in [0.25, 0.3) is 0 Å². The van der Waals surface area contributed by atoms with Gasteiger partial charge >= 0.3 is 0 Å². The third-order valence-electron chi connectivity index (χ3n) is 2.94. The summed E-state index contributed by atoms with van der Waals surface area (Å²) >= 11 is 3.47.